The van der Waals surface area contributed by atoms with Gasteiger partial charge < -0.3 is 9.84 Å². The molecular weight excluding hydrogens is 361 g/mol. The summed E-state index contributed by atoms with van der Waals surface area (Å²) in [6.45, 7) is 0.757. The molecule has 0 aromatic heterocycles. The number of hydrogen-bond acceptors (Lipinski definition) is 3. The average Bonchev–Trinajstić information content (AvgIpc) is 2.81. The van der Waals surface area contributed by atoms with Crippen LogP contribution in [0, 0.1) is 0 Å². The second kappa shape index (κ2) is 7.48. The standard InChI is InChI=1S/C19H19F3N2O3/c1-23(18(25)26)24-11-10-13-4-2-3-5-16(13)17(12-24)27-15-8-6-14(7-9-15)19(20,21)22/h2-9,17H,10-12H2,1H3,(H,25,26). The molecule has 1 N–H and O–H groups in total. The highest BCUT2D eigenvalue weighted by Gasteiger charge is 2.31. The van der Waals surface area contributed by atoms with E-state index in [1.54, 1.807) is 5.01 Å². The average molecular weight is 380 g/mol. The number of rotatable bonds is 3. The van der Waals surface area contributed by atoms with Crippen LogP contribution in [0.25, 0.3) is 0 Å². The van der Waals surface area contributed by atoms with Crippen LogP contribution in [0.4, 0.5) is 18.0 Å². The fourth-order valence-corrected chi connectivity index (χ4v) is 3.09. The van der Waals surface area contributed by atoms with Crippen LogP contribution < -0.4 is 4.74 Å². The highest BCUT2D eigenvalue weighted by molar-refractivity contribution is 5.63. The van der Waals surface area contributed by atoms with E-state index >= 15 is 0 Å². The molecule has 5 nitrogen and oxygen atoms in total. The van der Waals surface area contributed by atoms with Crippen LogP contribution in [0.5, 0.6) is 5.75 Å². The third-order valence-electron chi connectivity index (χ3n) is 4.58. The van der Waals surface area contributed by atoms with Crippen molar-refractivity contribution >= 4 is 6.09 Å². The Hall–Kier alpha value is -2.74. The van der Waals surface area contributed by atoms with E-state index in [0.717, 1.165) is 28.3 Å². The molecule has 0 fully saturated rings. The van der Waals surface area contributed by atoms with Gasteiger partial charge in [-0.25, -0.2) is 14.8 Å². The molecule has 1 heterocycles. The SMILES string of the molecule is CN(C(=O)O)N1CCc2ccccc2C(Oc2ccc(C(F)(F)F)cc2)C1. The molecule has 0 spiro atoms. The molecule has 0 aliphatic carbocycles. The predicted molar refractivity (Wildman–Crippen MR) is 92.3 cm³/mol. The Kier molecular flexibility index (Phi) is 5.27. The lowest BCUT2D eigenvalue weighted by Gasteiger charge is -2.31. The van der Waals surface area contributed by atoms with Gasteiger partial charge in [-0.3, -0.25) is 0 Å². The quantitative estimate of drug-likeness (QED) is 0.867. The maximum atomic E-state index is 12.7. The molecule has 0 saturated carbocycles. The molecule has 144 valence electrons. The number of fused-ring (bicyclic) bond motifs is 1. The second-order valence-electron chi connectivity index (χ2n) is 6.30. The first kappa shape index (κ1) is 19.0. The van der Waals surface area contributed by atoms with Gasteiger partial charge in [0.2, 0.25) is 0 Å². The summed E-state index contributed by atoms with van der Waals surface area (Å²) in [6, 6.07) is 12.1. The minimum absolute atomic E-state index is 0.265. The topological polar surface area (TPSA) is 53.0 Å². The molecule has 2 aromatic carbocycles. The van der Waals surface area contributed by atoms with E-state index in [4.69, 9.17) is 4.74 Å². The summed E-state index contributed by atoms with van der Waals surface area (Å²) in [5.74, 6) is 0.294. The summed E-state index contributed by atoms with van der Waals surface area (Å²) in [6.07, 6.45) is -5.37. The first-order valence-electron chi connectivity index (χ1n) is 8.39. The number of hydrazine groups is 1. The van der Waals surface area contributed by atoms with Crippen LogP contribution in [0.15, 0.2) is 48.5 Å². The van der Waals surface area contributed by atoms with Crippen molar-refractivity contribution in [1.82, 2.24) is 10.0 Å². The number of ether oxygens (including phenoxy) is 1. The van der Waals surface area contributed by atoms with Crippen molar-refractivity contribution in [1.29, 1.82) is 0 Å². The van der Waals surface area contributed by atoms with E-state index in [0.29, 0.717) is 18.7 Å². The van der Waals surface area contributed by atoms with Crippen LogP contribution in [0.2, 0.25) is 0 Å². The number of carboxylic acid groups (broad SMARTS) is 1. The first-order chi connectivity index (χ1) is 12.8. The Morgan fingerprint density at radius 2 is 1.85 bits per heavy atom. The van der Waals surface area contributed by atoms with Gasteiger partial charge in [0, 0.05) is 13.6 Å². The van der Waals surface area contributed by atoms with E-state index in [-0.39, 0.29) is 6.54 Å². The van der Waals surface area contributed by atoms with Gasteiger partial charge in [0.1, 0.15) is 11.9 Å². The van der Waals surface area contributed by atoms with E-state index in [1.807, 2.05) is 24.3 Å². The van der Waals surface area contributed by atoms with Crippen molar-refractivity contribution in [2.24, 2.45) is 0 Å². The Bertz CT molecular complexity index is 809. The molecular formula is C19H19F3N2O3. The second-order valence-corrected chi connectivity index (χ2v) is 6.30. The van der Waals surface area contributed by atoms with Crippen LogP contribution in [0.3, 0.4) is 0 Å². The Balaban J connectivity index is 1.87. The van der Waals surface area contributed by atoms with E-state index < -0.39 is 23.9 Å². The Morgan fingerprint density at radius 1 is 1.19 bits per heavy atom. The maximum absolute atomic E-state index is 12.7. The lowest BCUT2D eigenvalue weighted by atomic mass is 10.0. The van der Waals surface area contributed by atoms with Gasteiger partial charge >= 0.3 is 12.3 Å². The van der Waals surface area contributed by atoms with Crippen LogP contribution in [-0.4, -0.2) is 41.4 Å². The first-order valence-corrected chi connectivity index (χ1v) is 8.39. The minimum atomic E-state index is -4.41. The zero-order valence-corrected chi connectivity index (χ0v) is 14.6. The Labute approximate surface area is 154 Å². The van der Waals surface area contributed by atoms with E-state index in [2.05, 4.69) is 0 Å². The molecule has 1 amide bonds. The number of nitrogens with zero attached hydrogens (tertiary/aromatic N) is 2. The maximum Gasteiger partial charge on any atom is 0.421 e. The normalized spacial score (nSPS) is 17.7. The molecule has 1 aliphatic heterocycles. The van der Waals surface area contributed by atoms with Crippen LogP contribution >= 0.6 is 0 Å². The summed E-state index contributed by atoms with van der Waals surface area (Å²) in [4.78, 5) is 11.3. The van der Waals surface area contributed by atoms with Gasteiger partial charge in [-0.15, -0.1) is 0 Å². The van der Waals surface area contributed by atoms with Gasteiger partial charge in [0.25, 0.3) is 0 Å². The zero-order chi connectivity index (χ0) is 19.6. The molecule has 0 radical (unpaired) electrons. The zero-order valence-electron chi connectivity index (χ0n) is 14.6. The lowest BCUT2D eigenvalue weighted by molar-refractivity contribution is -0.137. The fourth-order valence-electron chi connectivity index (χ4n) is 3.09. The summed E-state index contributed by atoms with van der Waals surface area (Å²) in [5.41, 5.74) is 1.18. The van der Waals surface area contributed by atoms with Gasteiger partial charge in [-0.05, 0) is 41.8 Å². The van der Waals surface area contributed by atoms with Crippen molar-refractivity contribution < 1.29 is 27.8 Å². The number of hydrogen-bond donors (Lipinski definition) is 1. The molecule has 0 saturated heterocycles. The number of benzene rings is 2. The van der Waals surface area contributed by atoms with Crippen molar-refractivity contribution in [3.63, 3.8) is 0 Å². The monoisotopic (exact) mass is 380 g/mol. The van der Waals surface area contributed by atoms with Crippen LogP contribution in [0.1, 0.15) is 22.8 Å². The van der Waals surface area contributed by atoms with Crippen molar-refractivity contribution in [3.8, 4) is 5.75 Å². The number of alkyl halides is 3. The molecule has 0 bridgehead atoms. The largest absolute Gasteiger partial charge is 0.484 e. The lowest BCUT2D eigenvalue weighted by Crippen LogP contribution is -2.45. The molecule has 8 heteroatoms. The number of amides is 1. The molecule has 27 heavy (non-hydrogen) atoms. The van der Waals surface area contributed by atoms with Crippen molar-refractivity contribution in [2.45, 2.75) is 18.7 Å². The highest BCUT2D eigenvalue weighted by atomic mass is 19.4. The van der Waals surface area contributed by atoms with Gasteiger partial charge in [-0.1, -0.05) is 24.3 Å². The fraction of sp³-hybridized carbons (Fsp3) is 0.316. The van der Waals surface area contributed by atoms with E-state index in [1.165, 1.54) is 19.2 Å². The molecule has 2 aromatic rings. The molecule has 1 atom stereocenters. The summed E-state index contributed by atoms with van der Waals surface area (Å²) >= 11 is 0. The van der Waals surface area contributed by atoms with Gasteiger partial charge in [0.15, 0.2) is 0 Å². The molecule has 1 unspecified atom stereocenters. The summed E-state index contributed by atoms with van der Waals surface area (Å²) in [5, 5.41) is 12.0. The third kappa shape index (κ3) is 4.33. The highest BCUT2D eigenvalue weighted by Crippen LogP contribution is 2.33. The van der Waals surface area contributed by atoms with Gasteiger partial charge in [-0.2, -0.15) is 13.2 Å². The van der Waals surface area contributed by atoms with Crippen LogP contribution in [-0.2, 0) is 12.6 Å². The molecule has 3 rings (SSSR count). The Morgan fingerprint density at radius 3 is 2.48 bits per heavy atom. The third-order valence-corrected chi connectivity index (χ3v) is 4.58. The summed E-state index contributed by atoms with van der Waals surface area (Å²) in [7, 11) is 1.45. The van der Waals surface area contributed by atoms with Crippen molar-refractivity contribution in [3.05, 3.63) is 65.2 Å². The number of carbonyl (C=O) groups is 1. The predicted octanol–water partition coefficient (Wildman–Crippen LogP) is 4.21. The van der Waals surface area contributed by atoms with Crippen molar-refractivity contribution in [2.75, 3.05) is 20.1 Å². The minimum Gasteiger partial charge on any atom is -0.484 e. The molecule has 1 aliphatic rings. The smallest absolute Gasteiger partial charge is 0.421 e. The summed E-state index contributed by atoms with van der Waals surface area (Å²) < 4.78 is 44.2. The number of halogens is 3. The van der Waals surface area contributed by atoms with E-state index in [9.17, 15) is 23.1 Å². The van der Waals surface area contributed by atoms with Gasteiger partial charge in [0.05, 0.1) is 12.1 Å².